The fourth-order valence-corrected chi connectivity index (χ4v) is 5.05. The van der Waals surface area contributed by atoms with Crippen molar-refractivity contribution in [2.45, 2.75) is 38.6 Å². The van der Waals surface area contributed by atoms with E-state index in [-0.39, 0.29) is 12.6 Å². The van der Waals surface area contributed by atoms with E-state index >= 15 is 0 Å². The smallest absolute Gasteiger partial charge is 0.365 e. The molecule has 180 valence electrons. The highest BCUT2D eigenvalue weighted by Gasteiger charge is 2.43. The molecular formula is C21H22F3N7O2S. The maximum atomic E-state index is 13.2. The number of carbonyl (C=O) groups is 2. The van der Waals surface area contributed by atoms with Crippen LogP contribution in [0.2, 0.25) is 0 Å². The lowest BCUT2D eigenvalue weighted by atomic mass is 10.2. The van der Waals surface area contributed by atoms with Crippen molar-refractivity contribution in [1.82, 2.24) is 29.7 Å². The van der Waals surface area contributed by atoms with E-state index in [2.05, 4.69) is 15.0 Å². The van der Waals surface area contributed by atoms with Gasteiger partial charge in [-0.05, 0) is 25.5 Å². The summed E-state index contributed by atoms with van der Waals surface area (Å²) in [5.41, 5.74) is 6.62. The molecule has 0 saturated carbocycles. The number of pyridine rings is 1. The second-order valence-corrected chi connectivity index (χ2v) is 9.01. The SMILES string of the molecule is CC1=C(C(N)=O)SC(N2CCN(Cc3ccc(C(F)(F)F)nc3)C2=O)N1Cc1cnc(C)cn1. The number of alkyl halides is 3. The number of rotatable bonds is 6. The van der Waals surface area contributed by atoms with Crippen LogP contribution >= 0.6 is 11.8 Å². The molecule has 1 unspecified atom stereocenters. The molecule has 9 nitrogen and oxygen atoms in total. The molecule has 2 N–H and O–H groups in total. The van der Waals surface area contributed by atoms with Crippen LogP contribution in [0.3, 0.4) is 0 Å². The number of halogens is 3. The number of aryl methyl sites for hydroxylation is 1. The molecule has 1 atom stereocenters. The third-order valence-corrected chi connectivity index (χ3v) is 6.97. The predicted molar refractivity (Wildman–Crippen MR) is 117 cm³/mol. The first kappa shape index (κ1) is 23.8. The molecule has 1 saturated heterocycles. The summed E-state index contributed by atoms with van der Waals surface area (Å²) in [6, 6.07) is 1.92. The Labute approximate surface area is 197 Å². The van der Waals surface area contributed by atoms with Crippen molar-refractivity contribution in [2.75, 3.05) is 13.1 Å². The van der Waals surface area contributed by atoms with Crippen molar-refractivity contribution in [2.24, 2.45) is 5.73 Å². The molecule has 3 amide bonds. The van der Waals surface area contributed by atoms with Crippen LogP contribution in [0.5, 0.6) is 0 Å². The number of aromatic nitrogens is 3. The third kappa shape index (κ3) is 4.79. The number of amides is 3. The Morgan fingerprint density at radius 1 is 1.12 bits per heavy atom. The molecule has 0 bridgehead atoms. The van der Waals surface area contributed by atoms with Crippen molar-refractivity contribution >= 4 is 23.7 Å². The van der Waals surface area contributed by atoms with Crippen molar-refractivity contribution in [3.8, 4) is 0 Å². The van der Waals surface area contributed by atoms with Gasteiger partial charge in [0.25, 0.3) is 5.91 Å². The van der Waals surface area contributed by atoms with Gasteiger partial charge in [-0.25, -0.2) is 4.79 Å². The van der Waals surface area contributed by atoms with Gasteiger partial charge in [-0.1, -0.05) is 17.8 Å². The highest BCUT2D eigenvalue weighted by atomic mass is 32.2. The minimum atomic E-state index is -4.52. The molecule has 1 fully saturated rings. The van der Waals surface area contributed by atoms with E-state index in [9.17, 15) is 22.8 Å². The van der Waals surface area contributed by atoms with Crippen LogP contribution in [0, 0.1) is 6.92 Å². The Bertz CT molecular complexity index is 1120. The van der Waals surface area contributed by atoms with E-state index in [1.165, 1.54) is 22.7 Å². The first-order valence-electron chi connectivity index (χ1n) is 10.3. The van der Waals surface area contributed by atoms with Gasteiger partial charge in [-0.15, -0.1) is 0 Å². The first-order valence-corrected chi connectivity index (χ1v) is 11.2. The number of nitrogens with zero attached hydrogens (tertiary/aromatic N) is 6. The van der Waals surface area contributed by atoms with Crippen LogP contribution in [-0.4, -0.2) is 60.2 Å². The summed E-state index contributed by atoms with van der Waals surface area (Å²) in [6.45, 7) is 4.78. The van der Waals surface area contributed by atoms with Gasteiger partial charge in [0.05, 0.1) is 29.0 Å². The molecule has 0 aliphatic carbocycles. The minimum absolute atomic E-state index is 0.121. The highest BCUT2D eigenvalue weighted by Crippen LogP contribution is 2.41. The average Bonchev–Trinajstić information content (AvgIpc) is 3.29. The maximum absolute atomic E-state index is 13.2. The van der Waals surface area contributed by atoms with Crippen LogP contribution in [0.4, 0.5) is 18.0 Å². The van der Waals surface area contributed by atoms with Crippen LogP contribution in [0.1, 0.15) is 29.6 Å². The first-order chi connectivity index (χ1) is 16.0. The molecule has 34 heavy (non-hydrogen) atoms. The Morgan fingerprint density at radius 2 is 1.88 bits per heavy atom. The van der Waals surface area contributed by atoms with Gasteiger partial charge in [0.2, 0.25) is 0 Å². The van der Waals surface area contributed by atoms with Crippen molar-refractivity contribution in [3.05, 3.63) is 64.0 Å². The lowest BCUT2D eigenvalue weighted by Gasteiger charge is -2.33. The summed E-state index contributed by atoms with van der Waals surface area (Å²) >= 11 is 1.20. The predicted octanol–water partition coefficient (Wildman–Crippen LogP) is 2.69. The van der Waals surface area contributed by atoms with Gasteiger partial charge in [-0.2, -0.15) is 13.2 Å². The summed E-state index contributed by atoms with van der Waals surface area (Å²) in [6.07, 6.45) is -0.111. The molecule has 0 aromatic carbocycles. The van der Waals surface area contributed by atoms with E-state index in [1.807, 2.05) is 11.8 Å². The van der Waals surface area contributed by atoms with Crippen LogP contribution in [0.25, 0.3) is 0 Å². The van der Waals surface area contributed by atoms with Gasteiger partial charge in [-0.3, -0.25) is 24.6 Å². The summed E-state index contributed by atoms with van der Waals surface area (Å²) < 4.78 is 38.3. The van der Waals surface area contributed by atoms with Crippen LogP contribution in [0.15, 0.2) is 41.3 Å². The summed E-state index contributed by atoms with van der Waals surface area (Å²) in [7, 11) is 0. The van der Waals surface area contributed by atoms with Crippen LogP contribution in [-0.2, 0) is 24.1 Å². The number of nitrogens with two attached hydrogens (primary N) is 1. The normalized spacial score (nSPS) is 18.9. The highest BCUT2D eigenvalue weighted by molar-refractivity contribution is 8.04. The Balaban J connectivity index is 1.50. The Kier molecular flexibility index (Phi) is 6.39. The van der Waals surface area contributed by atoms with E-state index in [0.717, 1.165) is 18.0 Å². The van der Waals surface area contributed by atoms with Gasteiger partial charge < -0.3 is 15.5 Å². The standard InChI is InChI=1S/C21H22F3N7O2S/c1-12-7-27-15(9-26-12)11-31-13(2)17(18(25)32)34-20(31)30-6-5-29(19(30)33)10-14-3-4-16(28-8-14)21(22,23)24/h3-4,7-9,20H,5-6,10-11H2,1-2H3,(H2,25,32). The summed E-state index contributed by atoms with van der Waals surface area (Å²) in [5, 5.41) is 0. The lowest BCUT2D eigenvalue weighted by molar-refractivity contribution is -0.141. The van der Waals surface area contributed by atoms with Crippen molar-refractivity contribution in [3.63, 3.8) is 0 Å². The number of urea groups is 1. The molecule has 4 heterocycles. The number of hydrogen-bond donors (Lipinski definition) is 1. The van der Waals surface area contributed by atoms with Gasteiger partial charge in [0.15, 0.2) is 5.50 Å². The van der Waals surface area contributed by atoms with Crippen molar-refractivity contribution < 1.29 is 22.8 Å². The molecule has 2 aromatic rings. The molecule has 2 aromatic heterocycles. The fraction of sp³-hybridized carbons (Fsp3) is 0.381. The summed E-state index contributed by atoms with van der Waals surface area (Å²) in [5.74, 6) is -0.579. The number of primary amides is 1. The fourth-order valence-electron chi connectivity index (χ4n) is 3.75. The third-order valence-electron chi connectivity index (χ3n) is 5.52. The molecule has 2 aliphatic heterocycles. The largest absolute Gasteiger partial charge is 0.433 e. The van der Waals surface area contributed by atoms with E-state index in [0.29, 0.717) is 41.5 Å². The zero-order chi connectivity index (χ0) is 24.6. The number of allylic oxidation sites excluding steroid dienone is 1. The zero-order valence-electron chi connectivity index (χ0n) is 18.4. The molecule has 0 spiro atoms. The summed E-state index contributed by atoms with van der Waals surface area (Å²) in [4.78, 5) is 42.7. The van der Waals surface area contributed by atoms with Crippen LogP contribution < -0.4 is 5.73 Å². The number of thioether (sulfide) groups is 1. The minimum Gasteiger partial charge on any atom is -0.365 e. The maximum Gasteiger partial charge on any atom is 0.433 e. The second-order valence-electron chi connectivity index (χ2n) is 7.95. The Morgan fingerprint density at radius 3 is 2.47 bits per heavy atom. The quantitative estimate of drug-likeness (QED) is 0.659. The monoisotopic (exact) mass is 493 g/mol. The lowest BCUT2D eigenvalue weighted by Crippen LogP contribution is -2.45. The number of hydrogen-bond acceptors (Lipinski definition) is 7. The zero-order valence-corrected chi connectivity index (χ0v) is 19.2. The number of carbonyl (C=O) groups excluding carboxylic acids is 2. The molecule has 0 radical (unpaired) electrons. The molecule has 13 heteroatoms. The molecular weight excluding hydrogens is 471 g/mol. The van der Waals surface area contributed by atoms with E-state index < -0.39 is 23.3 Å². The van der Waals surface area contributed by atoms with Gasteiger partial charge in [0, 0.05) is 37.7 Å². The van der Waals surface area contributed by atoms with Gasteiger partial charge >= 0.3 is 12.2 Å². The topological polar surface area (TPSA) is 109 Å². The van der Waals surface area contributed by atoms with E-state index in [4.69, 9.17) is 5.73 Å². The average molecular weight is 494 g/mol. The van der Waals surface area contributed by atoms with Gasteiger partial charge in [0.1, 0.15) is 5.69 Å². The second kappa shape index (κ2) is 9.12. The van der Waals surface area contributed by atoms with E-state index in [1.54, 1.807) is 24.2 Å². The van der Waals surface area contributed by atoms with Crippen molar-refractivity contribution in [1.29, 1.82) is 0 Å². The Hall–Kier alpha value is -3.35. The molecule has 4 rings (SSSR count). The molecule has 2 aliphatic rings.